The number of piperazine rings is 4. The van der Waals surface area contributed by atoms with Gasteiger partial charge in [-0.3, -0.25) is 58.4 Å². The average molecular weight is 2040 g/mol. The van der Waals surface area contributed by atoms with Gasteiger partial charge < -0.3 is 39.3 Å². The summed E-state index contributed by atoms with van der Waals surface area (Å²) in [5.41, 5.74) is 15.0. The summed E-state index contributed by atoms with van der Waals surface area (Å²) >= 11 is 0. The number of carbonyl (C=O) groups excluding carboxylic acids is 4. The third kappa shape index (κ3) is 29.1. The predicted octanol–water partition coefficient (Wildman–Crippen LogP) is 23.4. The minimum atomic E-state index is -0.205. The van der Waals surface area contributed by atoms with Gasteiger partial charge in [0.1, 0.15) is 46.3 Å². The van der Waals surface area contributed by atoms with Crippen molar-refractivity contribution >= 4 is 23.6 Å². The quantitative estimate of drug-likeness (QED) is 0.0365. The van der Waals surface area contributed by atoms with Crippen molar-refractivity contribution in [3.8, 4) is 23.0 Å². The predicted molar refractivity (Wildman–Crippen MR) is 594 cm³/mol. The lowest BCUT2D eigenvalue weighted by molar-refractivity contribution is 0.0190. The molecule has 0 spiro atoms. The summed E-state index contributed by atoms with van der Waals surface area (Å²) in [6.45, 7) is 48.5. The number of phenolic OH excluding ortho intramolecular Hbond substituents is 2. The van der Waals surface area contributed by atoms with E-state index in [0.29, 0.717) is 99.8 Å². The summed E-state index contributed by atoms with van der Waals surface area (Å²) in [6, 6.07) is 92.8. The van der Waals surface area contributed by atoms with Crippen LogP contribution >= 0.6 is 0 Å². The van der Waals surface area contributed by atoms with Gasteiger partial charge in [0, 0.05) is 213 Å². The van der Waals surface area contributed by atoms with Gasteiger partial charge >= 0.3 is 0 Å². The number of methoxy groups -OCH3 is 2. The number of ether oxygens (including phenoxy) is 2. The summed E-state index contributed by atoms with van der Waals surface area (Å²) < 4.78 is 67.4. The lowest BCUT2D eigenvalue weighted by Gasteiger charge is -2.47. The van der Waals surface area contributed by atoms with E-state index in [9.17, 15) is 47.0 Å². The molecule has 12 aromatic carbocycles. The van der Waals surface area contributed by atoms with Crippen LogP contribution in [0, 0.1) is 23.3 Å². The molecule has 24 heteroatoms. The Kier molecular flexibility index (Phi) is 41.7. The molecule has 0 saturated carbocycles. The van der Waals surface area contributed by atoms with Gasteiger partial charge in [-0.25, -0.2) is 17.6 Å². The molecule has 4 amide bonds. The minimum absolute atomic E-state index is 0.00392. The third-order valence-electron chi connectivity index (χ3n) is 30.5. The second kappa shape index (κ2) is 54.7. The van der Waals surface area contributed by atoms with Crippen molar-refractivity contribution in [2.24, 2.45) is 0 Å². The fraction of sp³-hybridized carbons (Fsp3) is 0.397. The summed E-state index contributed by atoms with van der Waals surface area (Å²) in [5.74, 6) is 1.60. The molecule has 0 unspecified atom stereocenters. The van der Waals surface area contributed by atoms with Crippen LogP contribution in [0.4, 0.5) is 17.6 Å². The molecule has 0 aromatic heterocycles. The minimum Gasteiger partial charge on any atom is -0.508 e. The molecule has 2 N–H and O–H groups in total. The van der Waals surface area contributed by atoms with E-state index >= 15 is 0 Å². The maximum absolute atomic E-state index is 14.4. The van der Waals surface area contributed by atoms with Crippen LogP contribution in [0.1, 0.15) is 243 Å². The van der Waals surface area contributed by atoms with Crippen molar-refractivity contribution in [2.75, 3.05) is 119 Å². The zero-order valence-corrected chi connectivity index (χ0v) is 91.0. The van der Waals surface area contributed by atoms with Crippen LogP contribution < -0.4 is 9.47 Å². The molecule has 4 saturated heterocycles. The Bertz CT molecular complexity index is 6330. The Balaban J connectivity index is 0.000000167. The Labute approximate surface area is 888 Å². The molecule has 4 fully saturated rings. The Morgan fingerprint density at radius 1 is 0.273 bits per heavy atom. The molecule has 12 aromatic rings. The van der Waals surface area contributed by atoms with Gasteiger partial charge in [0.05, 0.1) is 38.4 Å². The number of halogens is 4. The van der Waals surface area contributed by atoms with Crippen molar-refractivity contribution in [3.63, 3.8) is 0 Å². The van der Waals surface area contributed by atoms with E-state index < -0.39 is 0 Å². The second-order valence-electron chi connectivity index (χ2n) is 40.5. The molecule has 0 aliphatic carbocycles. The van der Waals surface area contributed by atoms with Crippen molar-refractivity contribution < 1.29 is 56.4 Å². The summed E-state index contributed by atoms with van der Waals surface area (Å²) in [6.07, 6.45) is 0. The highest BCUT2D eigenvalue weighted by Crippen LogP contribution is 2.42. The Morgan fingerprint density at radius 3 is 0.753 bits per heavy atom. The number of hydrogen-bond acceptors (Lipinski definition) is 16. The third-order valence-corrected chi connectivity index (χ3v) is 30.5. The van der Waals surface area contributed by atoms with E-state index in [1.807, 2.05) is 239 Å². The number of rotatable bonds is 34. The van der Waals surface area contributed by atoms with Crippen LogP contribution in [-0.4, -0.2) is 260 Å². The molecule has 796 valence electrons. The van der Waals surface area contributed by atoms with Crippen molar-refractivity contribution in [1.82, 2.24) is 58.8 Å². The topological polar surface area (TPSA) is 166 Å². The van der Waals surface area contributed by atoms with E-state index in [4.69, 9.17) is 9.47 Å². The molecule has 4 aliphatic heterocycles. The molecule has 0 radical (unpaired) electrons. The fourth-order valence-electron chi connectivity index (χ4n) is 22.0. The average Bonchev–Trinajstić information content (AvgIpc) is 0.789. The van der Waals surface area contributed by atoms with Crippen LogP contribution in [0.5, 0.6) is 23.0 Å². The van der Waals surface area contributed by atoms with E-state index in [1.54, 1.807) is 62.8 Å². The molecular weight excluding hydrogens is 1890 g/mol. The number of aromatic hydroxyl groups is 2. The zero-order chi connectivity index (χ0) is 108. The first-order valence-corrected chi connectivity index (χ1v) is 53.7. The van der Waals surface area contributed by atoms with Crippen LogP contribution in [-0.2, 0) is 26.2 Å². The Morgan fingerprint density at radius 2 is 0.513 bits per heavy atom. The van der Waals surface area contributed by atoms with E-state index in [2.05, 4.69) is 149 Å². The first-order chi connectivity index (χ1) is 72.3. The molecule has 20 nitrogen and oxygen atoms in total. The maximum atomic E-state index is 14.4. The lowest BCUT2D eigenvalue weighted by atomic mass is 9.92. The van der Waals surface area contributed by atoms with Gasteiger partial charge in [0.25, 0.3) is 23.6 Å². The molecule has 0 bridgehead atoms. The van der Waals surface area contributed by atoms with Gasteiger partial charge in [-0.2, -0.15) is 0 Å². The standard InChI is InChI=1S/2C32H40FN3O2.2C31H38FN3O2/c1-6-34(7-2)32(37)27-16-14-26(15-17-27)31(28-11-9-13-30(19-28)38-5)36-21-23(3)35(20-24(36)4)22-25-10-8-12-29(33)18-25;1-6-34(7-2)32(37)26-17-15-25(16-18-26)31(27-12-10-13-29(19-27)38-5)36-21-23(3)35(20-24(36)4)22-28-11-8-9-14-30(28)33;1-5-33(6-2)31(37)26-15-13-25(14-16-26)30(27-10-8-12-29(36)18-27)35-20-22(3)34(19-23(35)4)21-24-9-7-11-28(32)17-24;1-5-33(6-2)31(37)25-16-14-24(15-17-25)30(26-11-9-12-28(36)18-26)35-20-22(3)34(19-23(35)4)21-27-10-7-8-13-29(27)32/h2*8-19,23-24,31H,6-7,20-22H2,1-5H3;2*7-18,22-23,30,36H,5-6,19-21H2,1-4H3/t2*23-,24+,31-;2*22-,23+,30-/m1111/s1. The van der Waals surface area contributed by atoms with Crippen LogP contribution in [0.2, 0.25) is 0 Å². The summed E-state index contributed by atoms with van der Waals surface area (Å²) in [4.78, 5) is 78.4. The van der Waals surface area contributed by atoms with Gasteiger partial charge in [-0.15, -0.1) is 0 Å². The smallest absolute Gasteiger partial charge is 0.253 e. The van der Waals surface area contributed by atoms with Gasteiger partial charge in [0.15, 0.2) is 0 Å². The number of nitrogens with zero attached hydrogens (tertiary/aromatic N) is 12. The summed E-state index contributed by atoms with van der Waals surface area (Å²) in [5, 5.41) is 20.6. The van der Waals surface area contributed by atoms with E-state index in [1.165, 1.54) is 24.3 Å². The van der Waals surface area contributed by atoms with Gasteiger partial charge in [0.2, 0.25) is 0 Å². The summed E-state index contributed by atoms with van der Waals surface area (Å²) in [7, 11) is 3.38. The number of benzene rings is 12. The van der Waals surface area contributed by atoms with E-state index in [-0.39, 0.29) is 131 Å². The van der Waals surface area contributed by atoms with Crippen LogP contribution in [0.3, 0.4) is 0 Å². The lowest BCUT2D eigenvalue weighted by Crippen LogP contribution is -2.56. The first-order valence-electron chi connectivity index (χ1n) is 53.7. The van der Waals surface area contributed by atoms with Gasteiger partial charge in [-0.05, 0) is 300 Å². The highest BCUT2D eigenvalue weighted by atomic mass is 19.1. The van der Waals surface area contributed by atoms with Crippen LogP contribution in [0.25, 0.3) is 0 Å². The number of hydrogen-bond donors (Lipinski definition) is 2. The maximum Gasteiger partial charge on any atom is 0.253 e. The molecular formula is C126H156F4N12O8. The molecule has 4 aliphatic rings. The number of amides is 4. The normalized spacial score (nSPS) is 19.3. The van der Waals surface area contributed by atoms with Crippen molar-refractivity contribution in [2.45, 2.75) is 209 Å². The highest BCUT2D eigenvalue weighted by molar-refractivity contribution is 5.96. The number of phenols is 2. The molecule has 12 atom stereocenters. The largest absolute Gasteiger partial charge is 0.508 e. The van der Waals surface area contributed by atoms with Crippen molar-refractivity contribution in [3.05, 3.63) is 403 Å². The SMILES string of the molecule is CCN(CC)C(=O)c1ccc([C@H](c2cccc(O)c2)N2C[C@@H](C)N(Cc3cccc(F)c3)C[C@@H]2C)cc1.CCN(CC)C(=O)c1ccc([C@H](c2cccc(O)c2)N2C[C@@H](C)N(Cc3ccccc3F)C[C@@H]2C)cc1.CCN(CC)C(=O)c1ccc([C@H](c2cccc(OC)c2)N2C[C@@H](C)N(Cc3cccc(F)c3)C[C@@H]2C)cc1.CCN(CC)C(=O)c1ccc([C@H](c2cccc(OC)c2)N2C[C@@H](C)N(Cc3ccccc3F)C[C@@H]2C)cc1. The molecule has 150 heavy (non-hydrogen) atoms. The fourth-order valence-corrected chi connectivity index (χ4v) is 22.0. The van der Waals surface area contributed by atoms with Crippen LogP contribution in [0.15, 0.2) is 291 Å². The molecule has 16 rings (SSSR count). The monoisotopic (exact) mass is 2040 g/mol. The number of carbonyl (C=O) groups is 4. The first kappa shape index (κ1) is 114. The second-order valence-corrected chi connectivity index (χ2v) is 40.5. The Hall–Kier alpha value is -12.9. The van der Waals surface area contributed by atoms with E-state index in [0.717, 1.165) is 132 Å². The highest BCUT2D eigenvalue weighted by Gasteiger charge is 2.41. The van der Waals surface area contributed by atoms with Gasteiger partial charge in [-0.1, -0.05) is 158 Å². The zero-order valence-electron chi connectivity index (χ0n) is 91.0. The molecule has 4 heterocycles. The van der Waals surface area contributed by atoms with Crippen molar-refractivity contribution in [1.29, 1.82) is 0 Å².